The van der Waals surface area contributed by atoms with Gasteiger partial charge in [0.2, 0.25) is 0 Å². The summed E-state index contributed by atoms with van der Waals surface area (Å²) >= 11 is 0. The Bertz CT molecular complexity index is 629. The minimum atomic E-state index is -0.344. The number of para-hydroxylation sites is 2. The van der Waals surface area contributed by atoms with Crippen LogP contribution in [0.2, 0.25) is 0 Å². The molecule has 2 N–H and O–H groups in total. The van der Waals surface area contributed by atoms with E-state index in [4.69, 9.17) is 4.74 Å². The third-order valence-corrected chi connectivity index (χ3v) is 3.15. The average molecular weight is 302 g/mol. The monoisotopic (exact) mass is 302 g/mol. The number of carbonyl (C=O) groups excluding carboxylic acids is 1. The van der Waals surface area contributed by atoms with Crippen molar-refractivity contribution in [2.75, 3.05) is 11.9 Å². The number of nitrogens with one attached hydrogen (secondary N) is 2. The molecule has 0 aliphatic carbocycles. The second-order valence-corrected chi connectivity index (χ2v) is 4.80. The van der Waals surface area contributed by atoms with Gasteiger partial charge in [0.05, 0.1) is 18.3 Å². The van der Waals surface area contributed by atoms with E-state index in [1.54, 1.807) is 24.3 Å². The molecule has 0 spiro atoms. The molecule has 22 heavy (non-hydrogen) atoms. The van der Waals surface area contributed by atoms with Gasteiger partial charge in [0.25, 0.3) is 0 Å². The Morgan fingerprint density at radius 3 is 2.55 bits per heavy atom. The maximum absolute atomic E-state index is 12.9. The zero-order valence-corrected chi connectivity index (χ0v) is 12.6. The van der Waals surface area contributed by atoms with E-state index in [2.05, 4.69) is 10.6 Å². The molecule has 2 aromatic carbocycles. The van der Waals surface area contributed by atoms with Crippen molar-refractivity contribution in [1.29, 1.82) is 0 Å². The van der Waals surface area contributed by atoms with Crippen molar-refractivity contribution in [2.24, 2.45) is 0 Å². The van der Waals surface area contributed by atoms with Crippen LogP contribution in [0.3, 0.4) is 0 Å². The Labute approximate surface area is 129 Å². The second kappa shape index (κ2) is 7.45. The van der Waals surface area contributed by atoms with Gasteiger partial charge in [-0.25, -0.2) is 9.18 Å². The number of anilines is 1. The summed E-state index contributed by atoms with van der Waals surface area (Å²) in [5.41, 5.74) is 1.43. The summed E-state index contributed by atoms with van der Waals surface area (Å²) < 4.78 is 18.4. The van der Waals surface area contributed by atoms with Crippen LogP contribution < -0.4 is 15.4 Å². The third kappa shape index (κ3) is 4.22. The molecule has 0 aromatic heterocycles. The molecule has 2 rings (SSSR count). The van der Waals surface area contributed by atoms with Crippen molar-refractivity contribution in [3.05, 3.63) is 59.9 Å². The zero-order valence-electron chi connectivity index (χ0n) is 12.6. The zero-order chi connectivity index (χ0) is 15.9. The van der Waals surface area contributed by atoms with Gasteiger partial charge in [-0.3, -0.25) is 0 Å². The molecule has 5 heteroatoms. The summed E-state index contributed by atoms with van der Waals surface area (Å²) in [6.45, 7) is 4.24. The summed E-state index contributed by atoms with van der Waals surface area (Å²) in [5.74, 6) is 0.320. The van der Waals surface area contributed by atoms with Crippen molar-refractivity contribution < 1.29 is 13.9 Å². The highest BCUT2D eigenvalue weighted by Crippen LogP contribution is 2.23. The highest BCUT2D eigenvalue weighted by molar-refractivity contribution is 5.91. The predicted octanol–water partition coefficient (Wildman–Crippen LogP) is 4.11. The highest BCUT2D eigenvalue weighted by Gasteiger charge is 2.11. The molecule has 0 saturated heterocycles. The Morgan fingerprint density at radius 2 is 1.86 bits per heavy atom. The van der Waals surface area contributed by atoms with E-state index >= 15 is 0 Å². The molecule has 2 amide bonds. The summed E-state index contributed by atoms with van der Waals surface area (Å²) in [7, 11) is 0. The van der Waals surface area contributed by atoms with E-state index in [0.717, 1.165) is 5.56 Å². The smallest absolute Gasteiger partial charge is 0.319 e. The fraction of sp³-hybridized carbons (Fsp3) is 0.235. The topological polar surface area (TPSA) is 50.4 Å². The van der Waals surface area contributed by atoms with Crippen LogP contribution in [0.5, 0.6) is 5.75 Å². The van der Waals surface area contributed by atoms with Crippen LogP contribution in [0.15, 0.2) is 48.5 Å². The molecule has 4 nitrogen and oxygen atoms in total. The summed E-state index contributed by atoms with van der Waals surface area (Å²) in [6.07, 6.45) is 0. The molecule has 0 heterocycles. The number of ether oxygens (including phenoxy) is 1. The second-order valence-electron chi connectivity index (χ2n) is 4.80. The van der Waals surface area contributed by atoms with Crippen molar-refractivity contribution >= 4 is 11.7 Å². The van der Waals surface area contributed by atoms with Gasteiger partial charge in [-0.05, 0) is 43.7 Å². The first-order valence-corrected chi connectivity index (χ1v) is 7.15. The first-order valence-electron chi connectivity index (χ1n) is 7.15. The van der Waals surface area contributed by atoms with E-state index in [0.29, 0.717) is 18.0 Å². The maximum atomic E-state index is 12.9. The number of carbonyl (C=O) groups is 1. The van der Waals surface area contributed by atoms with E-state index in [9.17, 15) is 9.18 Å². The maximum Gasteiger partial charge on any atom is 0.319 e. The Kier molecular flexibility index (Phi) is 5.36. The van der Waals surface area contributed by atoms with Gasteiger partial charge >= 0.3 is 6.03 Å². The van der Waals surface area contributed by atoms with E-state index in [1.165, 1.54) is 12.1 Å². The van der Waals surface area contributed by atoms with E-state index in [-0.39, 0.29) is 17.9 Å². The molecule has 0 fully saturated rings. The van der Waals surface area contributed by atoms with Crippen molar-refractivity contribution in [2.45, 2.75) is 19.9 Å². The van der Waals surface area contributed by atoms with E-state index < -0.39 is 0 Å². The highest BCUT2D eigenvalue weighted by atomic mass is 19.1. The van der Waals surface area contributed by atoms with Crippen LogP contribution in [0.25, 0.3) is 0 Å². The minimum Gasteiger partial charge on any atom is -0.492 e. The number of benzene rings is 2. The lowest BCUT2D eigenvalue weighted by Gasteiger charge is -2.16. The average Bonchev–Trinajstić information content (AvgIpc) is 2.50. The van der Waals surface area contributed by atoms with Crippen LogP contribution in [0, 0.1) is 5.82 Å². The Balaban J connectivity index is 1.99. The standard InChI is InChI=1S/C17H19FN2O2/c1-3-22-16-7-5-4-6-15(16)20-17(21)19-12(2)13-8-10-14(18)11-9-13/h4-12H,3H2,1-2H3,(H2,19,20,21)/t12-/m1/s1. The first-order chi connectivity index (χ1) is 10.6. The van der Waals surface area contributed by atoms with Crippen LogP contribution in [-0.4, -0.2) is 12.6 Å². The van der Waals surface area contributed by atoms with Crippen LogP contribution in [-0.2, 0) is 0 Å². The van der Waals surface area contributed by atoms with Gasteiger partial charge in [-0.15, -0.1) is 0 Å². The molecule has 0 saturated carbocycles. The number of rotatable bonds is 5. The molecule has 1 atom stereocenters. The molecule has 0 bridgehead atoms. The SMILES string of the molecule is CCOc1ccccc1NC(=O)N[C@H](C)c1ccc(F)cc1. The molecule has 0 aliphatic rings. The van der Waals surface area contributed by atoms with Crippen molar-refractivity contribution in [3.63, 3.8) is 0 Å². The van der Waals surface area contributed by atoms with Gasteiger partial charge in [-0.2, -0.15) is 0 Å². The molecular weight excluding hydrogens is 283 g/mol. The molecular formula is C17H19FN2O2. The molecule has 0 aliphatic heterocycles. The van der Waals surface area contributed by atoms with Gasteiger partial charge in [-0.1, -0.05) is 24.3 Å². The van der Waals surface area contributed by atoms with Crippen molar-refractivity contribution in [1.82, 2.24) is 5.32 Å². The minimum absolute atomic E-state index is 0.236. The Morgan fingerprint density at radius 1 is 1.18 bits per heavy atom. The largest absolute Gasteiger partial charge is 0.492 e. The van der Waals surface area contributed by atoms with Gasteiger partial charge in [0.1, 0.15) is 11.6 Å². The first kappa shape index (κ1) is 15.8. The van der Waals surface area contributed by atoms with Crippen LogP contribution in [0.1, 0.15) is 25.5 Å². The molecule has 0 unspecified atom stereocenters. The van der Waals surface area contributed by atoms with Crippen LogP contribution in [0.4, 0.5) is 14.9 Å². The van der Waals surface area contributed by atoms with Gasteiger partial charge in [0, 0.05) is 0 Å². The fourth-order valence-electron chi connectivity index (χ4n) is 2.04. The number of hydrogen-bond donors (Lipinski definition) is 2. The van der Waals surface area contributed by atoms with E-state index in [1.807, 2.05) is 26.0 Å². The predicted molar refractivity (Wildman–Crippen MR) is 84.6 cm³/mol. The normalized spacial score (nSPS) is 11.6. The number of urea groups is 1. The lowest BCUT2D eigenvalue weighted by molar-refractivity contribution is 0.249. The lowest BCUT2D eigenvalue weighted by Crippen LogP contribution is -2.31. The number of amides is 2. The quantitative estimate of drug-likeness (QED) is 0.873. The number of hydrogen-bond acceptors (Lipinski definition) is 2. The lowest BCUT2D eigenvalue weighted by atomic mass is 10.1. The van der Waals surface area contributed by atoms with Gasteiger partial charge in [0.15, 0.2) is 0 Å². The third-order valence-electron chi connectivity index (χ3n) is 3.15. The fourth-order valence-corrected chi connectivity index (χ4v) is 2.04. The summed E-state index contributed by atoms with van der Waals surface area (Å²) in [6, 6.07) is 12.7. The Hall–Kier alpha value is -2.56. The molecule has 116 valence electrons. The van der Waals surface area contributed by atoms with Crippen molar-refractivity contribution in [3.8, 4) is 5.75 Å². The summed E-state index contributed by atoms with van der Waals surface area (Å²) in [4.78, 5) is 12.1. The number of halogens is 1. The van der Waals surface area contributed by atoms with Gasteiger partial charge < -0.3 is 15.4 Å². The van der Waals surface area contributed by atoms with Crippen LogP contribution >= 0.6 is 0 Å². The summed E-state index contributed by atoms with van der Waals surface area (Å²) in [5, 5.41) is 5.56. The molecule has 0 radical (unpaired) electrons. The molecule has 2 aromatic rings.